The van der Waals surface area contributed by atoms with Crippen molar-refractivity contribution >= 4 is 17.5 Å². The smallest absolute Gasteiger partial charge is 0.223 e. The Labute approximate surface area is 218 Å². The van der Waals surface area contributed by atoms with E-state index in [1.165, 1.54) is 6.33 Å². The average Bonchev–Trinajstić information content (AvgIpc) is 2.91. The quantitative estimate of drug-likeness (QED) is 0.386. The fourth-order valence-corrected chi connectivity index (χ4v) is 4.43. The van der Waals surface area contributed by atoms with Crippen molar-refractivity contribution in [2.24, 2.45) is 5.92 Å². The molecule has 1 aliphatic heterocycles. The van der Waals surface area contributed by atoms with Crippen LogP contribution in [0.3, 0.4) is 0 Å². The second-order valence-corrected chi connectivity index (χ2v) is 9.67. The molecule has 2 heterocycles. The summed E-state index contributed by atoms with van der Waals surface area (Å²) in [5, 5.41) is 14.1. The molecule has 1 saturated heterocycles. The Morgan fingerprint density at radius 2 is 1.92 bits per heavy atom. The van der Waals surface area contributed by atoms with Crippen molar-refractivity contribution in [2.75, 3.05) is 51.3 Å². The lowest BCUT2D eigenvalue weighted by Gasteiger charge is -2.36. The van der Waals surface area contributed by atoms with Crippen LogP contribution in [-0.2, 0) is 11.4 Å². The summed E-state index contributed by atoms with van der Waals surface area (Å²) in [6.45, 7) is 2.70. The van der Waals surface area contributed by atoms with Gasteiger partial charge in [-0.2, -0.15) is 0 Å². The normalized spacial score (nSPS) is 17.6. The number of benzene rings is 2. The van der Waals surface area contributed by atoms with Crippen molar-refractivity contribution in [3.63, 3.8) is 0 Å². The number of carbonyl (C=O) groups is 1. The highest BCUT2D eigenvalue weighted by Gasteiger charge is 2.30. The molecule has 2 atom stereocenters. The van der Waals surface area contributed by atoms with Crippen LogP contribution in [0, 0.1) is 5.92 Å². The minimum Gasteiger partial charge on any atom is -0.489 e. The molecule has 0 aliphatic carbocycles. The van der Waals surface area contributed by atoms with E-state index in [9.17, 15) is 9.90 Å². The van der Waals surface area contributed by atoms with E-state index in [0.717, 1.165) is 16.9 Å². The summed E-state index contributed by atoms with van der Waals surface area (Å²) in [4.78, 5) is 24.8. The third kappa shape index (κ3) is 7.18. The Morgan fingerprint density at radius 3 is 2.62 bits per heavy atom. The van der Waals surface area contributed by atoms with Crippen molar-refractivity contribution in [3.05, 3.63) is 66.5 Å². The van der Waals surface area contributed by atoms with Crippen LogP contribution in [-0.4, -0.2) is 77.2 Å². The fourth-order valence-electron chi connectivity index (χ4n) is 4.43. The number of aliphatic hydroxyl groups is 1. The summed E-state index contributed by atoms with van der Waals surface area (Å²) < 4.78 is 5.90. The summed E-state index contributed by atoms with van der Waals surface area (Å²) in [5.41, 5.74) is 8.93. The number of β-amino-alcohol motifs (C(OH)–C–C–N with tert-alkyl or cyclic N) is 1. The molecule has 1 aromatic heterocycles. The number of nitrogens with zero attached hydrogens (tertiary/aromatic N) is 4. The molecule has 196 valence electrons. The predicted molar refractivity (Wildman–Crippen MR) is 145 cm³/mol. The molecular formula is C28H36N6O3. The van der Waals surface area contributed by atoms with E-state index in [1.807, 2.05) is 73.6 Å². The molecule has 2 aromatic carbocycles. The van der Waals surface area contributed by atoms with Gasteiger partial charge in [0.05, 0.1) is 11.7 Å². The van der Waals surface area contributed by atoms with Crippen LogP contribution in [0.15, 0.2) is 60.9 Å². The van der Waals surface area contributed by atoms with E-state index in [-0.39, 0.29) is 11.8 Å². The summed E-state index contributed by atoms with van der Waals surface area (Å²) in [7, 11) is 3.89. The number of nitrogens with one attached hydrogen (secondary N) is 1. The van der Waals surface area contributed by atoms with Crippen LogP contribution in [0.5, 0.6) is 5.75 Å². The van der Waals surface area contributed by atoms with E-state index in [4.69, 9.17) is 10.5 Å². The van der Waals surface area contributed by atoms with Crippen molar-refractivity contribution in [2.45, 2.75) is 25.6 Å². The Bertz CT molecular complexity index is 1160. The minimum atomic E-state index is -0.603. The highest BCUT2D eigenvalue weighted by atomic mass is 16.5. The molecule has 0 bridgehead atoms. The van der Waals surface area contributed by atoms with Crippen molar-refractivity contribution in [3.8, 4) is 16.9 Å². The monoisotopic (exact) mass is 504 g/mol. The third-order valence-electron chi connectivity index (χ3n) is 6.65. The first-order valence-corrected chi connectivity index (χ1v) is 12.6. The maximum absolute atomic E-state index is 12.4. The van der Waals surface area contributed by atoms with Crippen LogP contribution in [0.1, 0.15) is 18.4 Å². The third-order valence-corrected chi connectivity index (χ3v) is 6.65. The van der Waals surface area contributed by atoms with E-state index >= 15 is 0 Å². The number of amides is 1. The lowest BCUT2D eigenvalue weighted by Crippen LogP contribution is -2.48. The number of nitrogen functional groups attached to an aromatic ring is 1. The molecule has 0 radical (unpaired) electrons. The predicted octanol–water partition coefficient (Wildman–Crippen LogP) is 2.88. The Balaban J connectivity index is 1.36. The zero-order valence-corrected chi connectivity index (χ0v) is 21.5. The highest BCUT2D eigenvalue weighted by Crippen LogP contribution is 2.32. The number of carbonyl (C=O) groups excluding carboxylic acids is 1. The van der Waals surface area contributed by atoms with Gasteiger partial charge in [0.25, 0.3) is 0 Å². The minimum absolute atomic E-state index is 0.00398. The van der Waals surface area contributed by atoms with Gasteiger partial charge in [-0.05, 0) is 43.8 Å². The lowest BCUT2D eigenvalue weighted by molar-refractivity contribution is -0.135. The number of nitrogens with two attached hydrogens (primary N) is 1. The van der Waals surface area contributed by atoms with E-state index in [2.05, 4.69) is 15.3 Å². The molecule has 0 unspecified atom stereocenters. The van der Waals surface area contributed by atoms with Crippen LogP contribution in [0.2, 0.25) is 0 Å². The number of ether oxygens (including phenoxy) is 1. The molecule has 0 spiro atoms. The molecule has 0 saturated carbocycles. The topological polar surface area (TPSA) is 117 Å². The lowest BCUT2D eigenvalue weighted by atomic mass is 9.93. The molecular weight excluding hydrogens is 468 g/mol. The van der Waals surface area contributed by atoms with Crippen LogP contribution in [0.4, 0.5) is 11.6 Å². The Morgan fingerprint density at radius 1 is 1.16 bits per heavy atom. The number of likely N-dealkylation sites (tertiary alicyclic amines) is 1. The van der Waals surface area contributed by atoms with Crippen LogP contribution < -0.4 is 15.8 Å². The number of anilines is 2. The zero-order chi connectivity index (χ0) is 26.2. The maximum Gasteiger partial charge on any atom is 0.223 e. The van der Waals surface area contributed by atoms with Gasteiger partial charge in [0.15, 0.2) is 0 Å². The second kappa shape index (κ2) is 12.5. The van der Waals surface area contributed by atoms with E-state index < -0.39 is 6.10 Å². The summed E-state index contributed by atoms with van der Waals surface area (Å²) in [5.74, 6) is 1.82. The molecule has 9 heteroatoms. The van der Waals surface area contributed by atoms with Gasteiger partial charge in [0, 0.05) is 38.5 Å². The average molecular weight is 505 g/mol. The van der Waals surface area contributed by atoms with Crippen LogP contribution in [0.25, 0.3) is 11.1 Å². The first-order chi connectivity index (χ1) is 17.9. The standard InChI is InChI=1S/C28H36N6O3/c1-33(2)14-13-25(36)34-15-12-22(24(35)17-34)16-30-28-26(27(29)31-19-32-28)21-8-10-23(11-9-21)37-18-20-6-4-3-5-7-20/h3-11,19,22,24,35H,12-18H2,1-2H3,(H3,29,30,31,32)/t22-,24+/m0/s1. The molecule has 1 aliphatic rings. The summed E-state index contributed by atoms with van der Waals surface area (Å²) >= 11 is 0. The van der Waals surface area contributed by atoms with Crippen molar-refractivity contribution in [1.82, 2.24) is 19.8 Å². The van der Waals surface area contributed by atoms with E-state index in [0.29, 0.717) is 62.8 Å². The summed E-state index contributed by atoms with van der Waals surface area (Å²) in [6, 6.07) is 17.7. The van der Waals surface area contributed by atoms with Gasteiger partial charge >= 0.3 is 0 Å². The first kappa shape index (κ1) is 26.4. The van der Waals surface area contributed by atoms with E-state index in [1.54, 1.807) is 4.90 Å². The van der Waals surface area contributed by atoms with Crippen molar-refractivity contribution in [1.29, 1.82) is 0 Å². The number of rotatable bonds is 10. The molecule has 4 N–H and O–H groups in total. The van der Waals surface area contributed by atoms with Crippen molar-refractivity contribution < 1.29 is 14.6 Å². The SMILES string of the molecule is CN(C)CCC(=O)N1CC[C@@H](CNc2ncnc(N)c2-c2ccc(OCc3ccccc3)cc2)[C@H](O)C1. The number of hydrogen-bond acceptors (Lipinski definition) is 8. The highest BCUT2D eigenvalue weighted by molar-refractivity contribution is 5.83. The van der Waals surface area contributed by atoms with Gasteiger partial charge in [0.2, 0.25) is 5.91 Å². The van der Waals surface area contributed by atoms with Gasteiger partial charge in [-0.25, -0.2) is 9.97 Å². The zero-order valence-electron chi connectivity index (χ0n) is 21.5. The first-order valence-electron chi connectivity index (χ1n) is 12.6. The van der Waals surface area contributed by atoms with Gasteiger partial charge < -0.3 is 30.7 Å². The number of hydrogen-bond donors (Lipinski definition) is 3. The largest absolute Gasteiger partial charge is 0.489 e. The fraction of sp³-hybridized carbons (Fsp3) is 0.393. The molecule has 3 aromatic rings. The number of aromatic nitrogens is 2. The van der Waals surface area contributed by atoms with Crippen LogP contribution >= 0.6 is 0 Å². The van der Waals surface area contributed by atoms with Gasteiger partial charge in [-0.15, -0.1) is 0 Å². The van der Waals surface area contributed by atoms with Gasteiger partial charge in [-0.1, -0.05) is 42.5 Å². The van der Waals surface area contributed by atoms with Gasteiger partial charge in [-0.3, -0.25) is 4.79 Å². The second-order valence-electron chi connectivity index (χ2n) is 9.67. The van der Waals surface area contributed by atoms with Gasteiger partial charge in [0.1, 0.15) is 30.3 Å². The molecule has 37 heavy (non-hydrogen) atoms. The molecule has 9 nitrogen and oxygen atoms in total. The Hall–Kier alpha value is -3.69. The molecule has 1 amide bonds. The number of piperidine rings is 1. The maximum atomic E-state index is 12.4. The number of aliphatic hydroxyl groups excluding tert-OH is 1. The Kier molecular flexibility index (Phi) is 8.92. The summed E-state index contributed by atoms with van der Waals surface area (Å²) in [6.07, 6.45) is 2.00. The molecule has 1 fully saturated rings. The molecule has 4 rings (SSSR count).